The molecule has 0 saturated carbocycles. The summed E-state index contributed by atoms with van der Waals surface area (Å²) in [6.45, 7) is 0.879. The molecular weight excluding hydrogens is 288 g/mol. The molecule has 0 aromatic heterocycles. The van der Waals surface area contributed by atoms with Crippen LogP contribution in [0.2, 0.25) is 0 Å². The van der Waals surface area contributed by atoms with E-state index >= 15 is 0 Å². The largest absolute Gasteiger partial charge is 0.454 e. The van der Waals surface area contributed by atoms with E-state index in [1.165, 1.54) is 11.6 Å². The molecule has 2 aromatic carbocycles. The lowest BCUT2D eigenvalue weighted by Gasteiger charge is -2.21. The van der Waals surface area contributed by atoms with Gasteiger partial charge in [-0.15, -0.1) is 0 Å². The lowest BCUT2D eigenvalue weighted by Crippen LogP contribution is -2.14. The summed E-state index contributed by atoms with van der Waals surface area (Å²) in [5.41, 5.74) is 2.10. The van der Waals surface area contributed by atoms with Gasteiger partial charge in [0, 0.05) is 6.54 Å². The fourth-order valence-electron chi connectivity index (χ4n) is 2.45. The van der Waals surface area contributed by atoms with Crippen LogP contribution in [0.3, 0.4) is 0 Å². The molecule has 1 aliphatic heterocycles. The fourth-order valence-corrected chi connectivity index (χ4v) is 3.11. The maximum atomic E-state index is 11.6. The second-order valence-electron chi connectivity index (χ2n) is 4.91. The Kier molecular flexibility index (Phi) is 3.57. The van der Waals surface area contributed by atoms with Crippen molar-refractivity contribution in [2.24, 2.45) is 5.14 Å². The molecular formula is C15H16N2O3S. The summed E-state index contributed by atoms with van der Waals surface area (Å²) in [6, 6.07) is 12.1. The van der Waals surface area contributed by atoms with Gasteiger partial charge >= 0.3 is 0 Å². The zero-order chi connectivity index (χ0) is 14.9. The van der Waals surface area contributed by atoms with Gasteiger partial charge < -0.3 is 10.1 Å². The van der Waals surface area contributed by atoms with E-state index in [2.05, 4.69) is 5.32 Å². The lowest BCUT2D eigenvalue weighted by atomic mass is 10.0. The van der Waals surface area contributed by atoms with Crippen molar-refractivity contribution in [1.82, 2.24) is 0 Å². The Bertz CT molecular complexity index is 772. The van der Waals surface area contributed by atoms with Gasteiger partial charge in [0.15, 0.2) is 5.75 Å². The SMILES string of the molecule is NS(=O)(=O)c1ccccc1Oc1cccc2c1NCCC2. The van der Waals surface area contributed by atoms with Gasteiger partial charge in [0.05, 0.1) is 5.69 Å². The van der Waals surface area contributed by atoms with Crippen molar-refractivity contribution in [1.29, 1.82) is 0 Å². The summed E-state index contributed by atoms with van der Waals surface area (Å²) in [4.78, 5) is -0.0154. The molecule has 3 N–H and O–H groups in total. The standard InChI is InChI=1S/C15H16N2O3S/c16-21(18,19)14-9-2-1-7-12(14)20-13-8-3-5-11-6-4-10-17-15(11)13/h1-3,5,7-9,17H,4,6,10H2,(H2,16,18,19). The van der Waals surface area contributed by atoms with Crippen molar-refractivity contribution in [3.8, 4) is 11.5 Å². The molecule has 3 rings (SSSR count). The average Bonchev–Trinajstić information content (AvgIpc) is 2.47. The van der Waals surface area contributed by atoms with Gasteiger partial charge in [-0.2, -0.15) is 0 Å². The second kappa shape index (κ2) is 5.38. The van der Waals surface area contributed by atoms with E-state index in [1.807, 2.05) is 18.2 Å². The Morgan fingerprint density at radius 2 is 1.81 bits per heavy atom. The molecule has 6 heteroatoms. The average molecular weight is 304 g/mol. The summed E-state index contributed by atoms with van der Waals surface area (Å²) in [6.07, 6.45) is 2.06. The lowest BCUT2D eigenvalue weighted by molar-refractivity contribution is 0.467. The zero-order valence-electron chi connectivity index (χ0n) is 11.4. The summed E-state index contributed by atoms with van der Waals surface area (Å²) in [5, 5.41) is 8.53. The van der Waals surface area contributed by atoms with Crippen LogP contribution in [0, 0.1) is 0 Å². The van der Waals surface area contributed by atoms with Crippen molar-refractivity contribution in [2.45, 2.75) is 17.7 Å². The van der Waals surface area contributed by atoms with Crippen LogP contribution in [0.5, 0.6) is 11.5 Å². The number of hydrogen-bond acceptors (Lipinski definition) is 4. The Labute approximate surface area is 123 Å². The molecule has 0 aliphatic carbocycles. The van der Waals surface area contributed by atoms with Crippen LogP contribution in [0.25, 0.3) is 0 Å². The third-order valence-corrected chi connectivity index (χ3v) is 4.36. The van der Waals surface area contributed by atoms with E-state index < -0.39 is 10.0 Å². The molecule has 21 heavy (non-hydrogen) atoms. The minimum Gasteiger partial charge on any atom is -0.454 e. The first-order valence-corrected chi connectivity index (χ1v) is 8.26. The number of aryl methyl sites for hydroxylation is 1. The number of nitrogens with one attached hydrogen (secondary N) is 1. The molecule has 110 valence electrons. The van der Waals surface area contributed by atoms with Crippen molar-refractivity contribution < 1.29 is 13.2 Å². The Balaban J connectivity index is 2.03. The first-order chi connectivity index (χ1) is 10.1. The summed E-state index contributed by atoms with van der Waals surface area (Å²) in [7, 11) is -3.82. The van der Waals surface area contributed by atoms with Crippen LogP contribution in [0.1, 0.15) is 12.0 Å². The third kappa shape index (κ3) is 2.86. The predicted molar refractivity (Wildman–Crippen MR) is 81.1 cm³/mol. The highest BCUT2D eigenvalue weighted by molar-refractivity contribution is 7.89. The predicted octanol–water partition coefficient (Wildman–Crippen LogP) is 2.48. The maximum absolute atomic E-state index is 11.6. The first kappa shape index (κ1) is 13.9. The number of sulfonamides is 1. The van der Waals surface area contributed by atoms with Crippen molar-refractivity contribution in [2.75, 3.05) is 11.9 Å². The summed E-state index contributed by atoms with van der Waals surface area (Å²) >= 11 is 0. The molecule has 0 spiro atoms. The minimum absolute atomic E-state index is 0.0154. The van der Waals surface area contributed by atoms with E-state index in [0.29, 0.717) is 5.75 Å². The van der Waals surface area contributed by atoms with Crippen LogP contribution in [0.4, 0.5) is 5.69 Å². The van der Waals surface area contributed by atoms with E-state index in [-0.39, 0.29) is 10.6 Å². The quantitative estimate of drug-likeness (QED) is 0.912. The van der Waals surface area contributed by atoms with Crippen LogP contribution in [-0.4, -0.2) is 15.0 Å². The van der Waals surface area contributed by atoms with Crippen LogP contribution >= 0.6 is 0 Å². The number of fused-ring (bicyclic) bond motifs is 1. The number of hydrogen-bond donors (Lipinski definition) is 2. The molecule has 0 fully saturated rings. The van der Waals surface area contributed by atoms with Gasteiger partial charge in [-0.1, -0.05) is 24.3 Å². The highest BCUT2D eigenvalue weighted by Crippen LogP contribution is 2.36. The fraction of sp³-hybridized carbons (Fsp3) is 0.200. The number of para-hydroxylation sites is 2. The molecule has 0 bridgehead atoms. The van der Waals surface area contributed by atoms with Gasteiger partial charge in [0.25, 0.3) is 0 Å². The Hall–Kier alpha value is -2.05. The normalized spacial score (nSPS) is 14.1. The molecule has 0 radical (unpaired) electrons. The van der Waals surface area contributed by atoms with Gasteiger partial charge in [0.1, 0.15) is 10.6 Å². The van der Waals surface area contributed by atoms with E-state index in [4.69, 9.17) is 9.88 Å². The zero-order valence-corrected chi connectivity index (χ0v) is 12.2. The van der Waals surface area contributed by atoms with Crippen molar-refractivity contribution in [3.05, 3.63) is 48.0 Å². The molecule has 0 saturated heterocycles. The number of primary sulfonamides is 1. The minimum atomic E-state index is -3.82. The third-order valence-electron chi connectivity index (χ3n) is 3.41. The van der Waals surface area contributed by atoms with Gasteiger partial charge in [0.2, 0.25) is 10.0 Å². The number of nitrogens with two attached hydrogens (primary N) is 1. The topological polar surface area (TPSA) is 81.4 Å². The number of benzene rings is 2. The monoisotopic (exact) mass is 304 g/mol. The molecule has 1 aliphatic rings. The Morgan fingerprint density at radius 1 is 1.05 bits per heavy atom. The second-order valence-corrected chi connectivity index (χ2v) is 6.44. The van der Waals surface area contributed by atoms with Crippen molar-refractivity contribution in [3.63, 3.8) is 0 Å². The van der Waals surface area contributed by atoms with E-state index in [9.17, 15) is 8.42 Å². The number of ether oxygens (including phenoxy) is 1. The van der Waals surface area contributed by atoms with E-state index in [1.54, 1.807) is 18.2 Å². The number of rotatable bonds is 3. The van der Waals surface area contributed by atoms with Crippen LogP contribution in [-0.2, 0) is 16.4 Å². The molecule has 0 unspecified atom stereocenters. The molecule has 1 heterocycles. The molecule has 2 aromatic rings. The highest BCUT2D eigenvalue weighted by atomic mass is 32.2. The highest BCUT2D eigenvalue weighted by Gasteiger charge is 2.18. The summed E-state index contributed by atoms with van der Waals surface area (Å²) < 4.78 is 29.0. The maximum Gasteiger partial charge on any atom is 0.241 e. The molecule has 5 nitrogen and oxygen atoms in total. The van der Waals surface area contributed by atoms with Gasteiger partial charge in [-0.25, -0.2) is 13.6 Å². The molecule has 0 atom stereocenters. The summed E-state index contributed by atoms with van der Waals surface area (Å²) in [5.74, 6) is 0.851. The van der Waals surface area contributed by atoms with Crippen LogP contribution < -0.4 is 15.2 Å². The van der Waals surface area contributed by atoms with Crippen LogP contribution in [0.15, 0.2) is 47.4 Å². The van der Waals surface area contributed by atoms with Gasteiger partial charge in [-0.05, 0) is 36.6 Å². The van der Waals surface area contributed by atoms with E-state index in [0.717, 1.165) is 25.1 Å². The van der Waals surface area contributed by atoms with Gasteiger partial charge in [-0.3, -0.25) is 0 Å². The molecule has 0 amide bonds. The first-order valence-electron chi connectivity index (χ1n) is 6.71. The number of anilines is 1. The Morgan fingerprint density at radius 3 is 2.62 bits per heavy atom. The van der Waals surface area contributed by atoms with Crippen molar-refractivity contribution >= 4 is 15.7 Å². The smallest absolute Gasteiger partial charge is 0.241 e.